The molecule has 1 heterocycles. The van der Waals surface area contributed by atoms with E-state index < -0.39 is 5.60 Å². The first-order chi connectivity index (χ1) is 12.2. The monoisotopic (exact) mass is 355 g/mol. The molecule has 1 spiro atoms. The van der Waals surface area contributed by atoms with Gasteiger partial charge in [0.1, 0.15) is 5.60 Å². The second kappa shape index (κ2) is 6.00. The molecule has 0 bridgehead atoms. The summed E-state index contributed by atoms with van der Waals surface area (Å²) >= 11 is 0. The lowest BCUT2D eigenvalue weighted by atomic mass is 9.56. The molecule has 142 valence electrons. The first-order valence-electron chi connectivity index (χ1n) is 10.3. The summed E-state index contributed by atoms with van der Waals surface area (Å²) in [5, 5.41) is 0. The SMILES string of the molecule is CC(C)(C)OC(=O)N1CCC2(CC1)CC(c1ccc(C3(C)CC3)cc1)C2. The van der Waals surface area contributed by atoms with E-state index in [1.165, 1.54) is 36.8 Å². The minimum absolute atomic E-state index is 0.146. The predicted octanol–water partition coefficient (Wildman–Crippen LogP) is 5.63. The second-order valence-corrected chi connectivity index (χ2v) is 10.3. The maximum absolute atomic E-state index is 12.2. The Morgan fingerprint density at radius 2 is 1.62 bits per heavy atom. The molecule has 3 fully saturated rings. The minimum atomic E-state index is -0.405. The number of amides is 1. The Labute approximate surface area is 158 Å². The van der Waals surface area contributed by atoms with Crippen molar-refractivity contribution in [3.05, 3.63) is 35.4 Å². The molecule has 1 aromatic rings. The van der Waals surface area contributed by atoms with Gasteiger partial charge in [0.2, 0.25) is 0 Å². The van der Waals surface area contributed by atoms with Gasteiger partial charge in [-0.1, -0.05) is 31.2 Å². The Hall–Kier alpha value is -1.51. The smallest absolute Gasteiger partial charge is 0.410 e. The number of ether oxygens (including phenoxy) is 1. The summed E-state index contributed by atoms with van der Waals surface area (Å²) in [4.78, 5) is 14.1. The van der Waals surface area contributed by atoms with E-state index in [4.69, 9.17) is 4.74 Å². The van der Waals surface area contributed by atoms with Gasteiger partial charge in [0.05, 0.1) is 0 Å². The van der Waals surface area contributed by atoms with Gasteiger partial charge in [-0.25, -0.2) is 4.79 Å². The van der Waals surface area contributed by atoms with Gasteiger partial charge in [-0.05, 0) is 87.2 Å². The number of piperidine rings is 1. The van der Waals surface area contributed by atoms with Gasteiger partial charge >= 0.3 is 6.09 Å². The highest BCUT2D eigenvalue weighted by molar-refractivity contribution is 5.68. The van der Waals surface area contributed by atoms with E-state index >= 15 is 0 Å². The summed E-state index contributed by atoms with van der Waals surface area (Å²) in [6.45, 7) is 9.86. The molecule has 0 atom stereocenters. The van der Waals surface area contributed by atoms with Crippen LogP contribution in [0.5, 0.6) is 0 Å². The molecular formula is C23H33NO2. The van der Waals surface area contributed by atoms with Crippen LogP contribution in [0.1, 0.15) is 83.3 Å². The first kappa shape index (κ1) is 17.9. The summed E-state index contributed by atoms with van der Waals surface area (Å²) in [6, 6.07) is 9.45. The number of rotatable bonds is 2. The van der Waals surface area contributed by atoms with Crippen molar-refractivity contribution in [1.29, 1.82) is 0 Å². The van der Waals surface area contributed by atoms with Gasteiger partial charge in [0.25, 0.3) is 0 Å². The summed E-state index contributed by atoms with van der Waals surface area (Å²) in [7, 11) is 0. The summed E-state index contributed by atoms with van der Waals surface area (Å²) in [5.74, 6) is 0.712. The summed E-state index contributed by atoms with van der Waals surface area (Å²) in [5.41, 5.74) is 3.55. The average molecular weight is 356 g/mol. The quantitative estimate of drug-likeness (QED) is 0.688. The number of carbonyl (C=O) groups excluding carboxylic acids is 1. The lowest BCUT2D eigenvalue weighted by Crippen LogP contribution is -2.49. The van der Waals surface area contributed by atoms with Crippen LogP contribution in [-0.4, -0.2) is 29.7 Å². The highest BCUT2D eigenvalue weighted by Crippen LogP contribution is 2.57. The molecule has 26 heavy (non-hydrogen) atoms. The maximum atomic E-state index is 12.2. The molecule has 3 heteroatoms. The molecule has 1 amide bonds. The largest absolute Gasteiger partial charge is 0.444 e. The number of hydrogen-bond acceptors (Lipinski definition) is 2. The summed E-state index contributed by atoms with van der Waals surface area (Å²) < 4.78 is 5.52. The standard InChI is InChI=1S/C23H33NO2/c1-21(2,3)26-20(25)24-13-11-23(12-14-24)15-18(16-23)17-5-7-19(8-6-17)22(4)9-10-22/h5-8,18H,9-16H2,1-4H3. The molecule has 0 aromatic heterocycles. The Morgan fingerprint density at radius 3 is 2.12 bits per heavy atom. The van der Waals surface area contributed by atoms with E-state index in [1.54, 1.807) is 0 Å². The van der Waals surface area contributed by atoms with Crippen LogP contribution >= 0.6 is 0 Å². The Morgan fingerprint density at radius 1 is 1.04 bits per heavy atom. The van der Waals surface area contributed by atoms with Gasteiger partial charge in [-0.3, -0.25) is 0 Å². The summed E-state index contributed by atoms with van der Waals surface area (Å²) in [6.07, 6.45) is 7.35. The van der Waals surface area contributed by atoms with Crippen LogP contribution in [0.15, 0.2) is 24.3 Å². The van der Waals surface area contributed by atoms with Crippen LogP contribution in [0.25, 0.3) is 0 Å². The van der Waals surface area contributed by atoms with Gasteiger partial charge < -0.3 is 9.64 Å². The molecule has 0 N–H and O–H groups in total. The van der Waals surface area contributed by atoms with E-state index in [0.717, 1.165) is 25.9 Å². The van der Waals surface area contributed by atoms with Crippen molar-refractivity contribution < 1.29 is 9.53 Å². The van der Waals surface area contributed by atoms with Crippen molar-refractivity contribution >= 4 is 6.09 Å². The van der Waals surface area contributed by atoms with E-state index in [9.17, 15) is 4.79 Å². The maximum Gasteiger partial charge on any atom is 0.410 e. The van der Waals surface area contributed by atoms with Crippen molar-refractivity contribution in [3.8, 4) is 0 Å². The van der Waals surface area contributed by atoms with E-state index in [0.29, 0.717) is 16.7 Å². The molecule has 4 rings (SSSR count). The minimum Gasteiger partial charge on any atom is -0.444 e. The average Bonchev–Trinajstić information content (AvgIpc) is 3.30. The van der Waals surface area contributed by atoms with Crippen LogP contribution in [0.4, 0.5) is 4.79 Å². The topological polar surface area (TPSA) is 29.5 Å². The fourth-order valence-electron chi connectivity index (χ4n) is 4.75. The molecule has 2 aliphatic carbocycles. The van der Waals surface area contributed by atoms with Gasteiger partial charge in [-0.15, -0.1) is 0 Å². The molecule has 1 saturated heterocycles. The molecular weight excluding hydrogens is 322 g/mol. The third kappa shape index (κ3) is 3.50. The van der Waals surface area contributed by atoms with E-state index in [-0.39, 0.29) is 6.09 Å². The van der Waals surface area contributed by atoms with Gasteiger partial charge in [0.15, 0.2) is 0 Å². The fraction of sp³-hybridized carbons (Fsp3) is 0.696. The van der Waals surface area contributed by atoms with Crippen molar-refractivity contribution in [2.45, 2.75) is 83.2 Å². The molecule has 1 aliphatic heterocycles. The van der Waals surface area contributed by atoms with Crippen LogP contribution in [0.3, 0.4) is 0 Å². The van der Waals surface area contributed by atoms with Crippen LogP contribution < -0.4 is 0 Å². The van der Waals surface area contributed by atoms with Crippen molar-refractivity contribution in [1.82, 2.24) is 4.90 Å². The second-order valence-electron chi connectivity index (χ2n) is 10.3. The number of carbonyl (C=O) groups is 1. The number of hydrogen-bond donors (Lipinski definition) is 0. The van der Waals surface area contributed by atoms with Crippen LogP contribution in [0, 0.1) is 5.41 Å². The zero-order valence-corrected chi connectivity index (χ0v) is 16.8. The molecule has 2 saturated carbocycles. The highest BCUT2D eigenvalue weighted by atomic mass is 16.6. The number of nitrogens with zero attached hydrogens (tertiary/aromatic N) is 1. The predicted molar refractivity (Wildman–Crippen MR) is 104 cm³/mol. The lowest BCUT2D eigenvalue weighted by molar-refractivity contribution is -0.0121. The molecule has 0 unspecified atom stereocenters. The van der Waals surface area contributed by atoms with Gasteiger partial charge in [-0.2, -0.15) is 0 Å². The lowest BCUT2D eigenvalue weighted by Gasteiger charge is -2.52. The fourth-order valence-corrected chi connectivity index (χ4v) is 4.75. The van der Waals surface area contributed by atoms with Gasteiger partial charge in [0, 0.05) is 13.1 Å². The zero-order valence-electron chi connectivity index (χ0n) is 16.8. The Kier molecular flexibility index (Phi) is 4.13. The first-order valence-corrected chi connectivity index (χ1v) is 10.3. The van der Waals surface area contributed by atoms with Crippen molar-refractivity contribution in [2.24, 2.45) is 5.41 Å². The van der Waals surface area contributed by atoms with Crippen molar-refractivity contribution in [3.63, 3.8) is 0 Å². The van der Waals surface area contributed by atoms with E-state index in [2.05, 4.69) is 31.2 Å². The molecule has 3 aliphatic rings. The molecule has 0 radical (unpaired) electrons. The number of likely N-dealkylation sites (tertiary alicyclic amines) is 1. The normalized spacial score (nSPS) is 24.2. The number of benzene rings is 1. The molecule has 3 nitrogen and oxygen atoms in total. The molecule has 1 aromatic carbocycles. The zero-order chi connectivity index (χ0) is 18.6. The van der Waals surface area contributed by atoms with E-state index in [1.807, 2.05) is 25.7 Å². The third-order valence-electron chi connectivity index (χ3n) is 6.91. The van der Waals surface area contributed by atoms with Crippen LogP contribution in [0.2, 0.25) is 0 Å². The van der Waals surface area contributed by atoms with Crippen LogP contribution in [-0.2, 0) is 10.2 Å². The Balaban J connectivity index is 1.29. The highest BCUT2D eigenvalue weighted by Gasteiger charge is 2.47. The Bertz CT molecular complexity index is 665. The third-order valence-corrected chi connectivity index (χ3v) is 6.91. The van der Waals surface area contributed by atoms with Crippen molar-refractivity contribution in [2.75, 3.05) is 13.1 Å².